The van der Waals surface area contributed by atoms with Crippen LogP contribution in [0.5, 0.6) is 5.75 Å². The number of amides is 5. The highest BCUT2D eigenvalue weighted by Gasteiger charge is 2.52. The van der Waals surface area contributed by atoms with Gasteiger partial charge in [-0.15, -0.1) is 0 Å². The molecular formula is C24H30N4O6. The summed E-state index contributed by atoms with van der Waals surface area (Å²) in [5, 5.41) is 2.87. The minimum absolute atomic E-state index is 0.123. The second-order valence-corrected chi connectivity index (χ2v) is 9.30. The Labute approximate surface area is 198 Å². The van der Waals surface area contributed by atoms with Crippen LogP contribution in [0, 0.1) is 0 Å². The van der Waals surface area contributed by atoms with Crippen LogP contribution in [0.2, 0.25) is 0 Å². The van der Waals surface area contributed by atoms with E-state index in [9.17, 15) is 19.2 Å². The van der Waals surface area contributed by atoms with E-state index in [0.29, 0.717) is 57.0 Å². The molecule has 3 aliphatic heterocycles. The van der Waals surface area contributed by atoms with E-state index in [4.69, 9.17) is 9.47 Å². The van der Waals surface area contributed by atoms with E-state index in [0.717, 1.165) is 12.8 Å². The van der Waals surface area contributed by atoms with Gasteiger partial charge in [0.1, 0.15) is 11.3 Å². The highest BCUT2D eigenvalue weighted by Crippen LogP contribution is 2.36. The molecule has 1 atom stereocenters. The molecular weight excluding hydrogens is 440 g/mol. The number of para-hydroxylation sites is 2. The molecule has 3 heterocycles. The Bertz CT molecular complexity index is 985. The summed E-state index contributed by atoms with van der Waals surface area (Å²) < 4.78 is 11.3. The lowest BCUT2D eigenvalue weighted by molar-refractivity contribution is -0.143. The molecule has 1 N–H and O–H groups in total. The largest absolute Gasteiger partial charge is 0.476 e. The second-order valence-electron chi connectivity index (χ2n) is 9.30. The summed E-state index contributed by atoms with van der Waals surface area (Å²) in [7, 11) is 0. The molecule has 2 saturated heterocycles. The van der Waals surface area contributed by atoms with Crippen LogP contribution in [-0.2, 0) is 19.1 Å². The summed E-state index contributed by atoms with van der Waals surface area (Å²) in [4.78, 5) is 56.0. The van der Waals surface area contributed by atoms with Gasteiger partial charge in [0.25, 0.3) is 11.8 Å². The van der Waals surface area contributed by atoms with Crippen molar-refractivity contribution in [1.82, 2.24) is 15.1 Å². The Morgan fingerprint density at radius 2 is 1.82 bits per heavy atom. The zero-order valence-electron chi connectivity index (χ0n) is 19.2. The van der Waals surface area contributed by atoms with Crippen molar-refractivity contribution in [3.05, 3.63) is 24.3 Å². The number of rotatable bonds is 5. The Morgan fingerprint density at radius 3 is 2.59 bits per heavy atom. The van der Waals surface area contributed by atoms with Gasteiger partial charge in [0.2, 0.25) is 5.91 Å². The molecule has 3 fully saturated rings. The minimum Gasteiger partial charge on any atom is -0.476 e. The Hall–Kier alpha value is -3.14. The van der Waals surface area contributed by atoms with Gasteiger partial charge >= 0.3 is 6.03 Å². The minimum atomic E-state index is -0.787. The van der Waals surface area contributed by atoms with Crippen molar-refractivity contribution in [2.24, 2.45) is 0 Å². The summed E-state index contributed by atoms with van der Waals surface area (Å²) in [6.45, 7) is 2.30. The molecule has 0 radical (unpaired) electrons. The van der Waals surface area contributed by atoms with Crippen LogP contribution in [0.4, 0.5) is 10.5 Å². The van der Waals surface area contributed by atoms with Gasteiger partial charge in [-0.2, -0.15) is 0 Å². The number of hydrogen-bond acceptors (Lipinski definition) is 6. The van der Waals surface area contributed by atoms with Gasteiger partial charge in [-0.3, -0.25) is 19.3 Å². The average Bonchev–Trinajstić information content (AvgIpc) is 3.43. The van der Waals surface area contributed by atoms with E-state index in [-0.39, 0.29) is 43.3 Å². The first-order chi connectivity index (χ1) is 16.5. The number of hydrogen-bond donors (Lipinski definition) is 1. The number of carbonyl (C=O) groups is 4. The van der Waals surface area contributed by atoms with Crippen LogP contribution < -0.4 is 15.0 Å². The van der Waals surface area contributed by atoms with Gasteiger partial charge in [-0.05, 0) is 31.4 Å². The van der Waals surface area contributed by atoms with Crippen molar-refractivity contribution in [3.8, 4) is 5.75 Å². The number of fused-ring (bicyclic) bond motifs is 1. The Morgan fingerprint density at radius 1 is 1.09 bits per heavy atom. The van der Waals surface area contributed by atoms with Crippen LogP contribution in [-0.4, -0.2) is 84.6 Å². The number of morpholine rings is 1. The van der Waals surface area contributed by atoms with Crippen LogP contribution in [0.25, 0.3) is 0 Å². The van der Waals surface area contributed by atoms with E-state index in [1.54, 1.807) is 28.0 Å². The fourth-order valence-corrected chi connectivity index (χ4v) is 5.31. The van der Waals surface area contributed by atoms with Gasteiger partial charge in [-0.1, -0.05) is 25.0 Å². The topological polar surface area (TPSA) is 108 Å². The molecule has 1 aromatic rings. The van der Waals surface area contributed by atoms with Crippen molar-refractivity contribution in [2.75, 3.05) is 44.3 Å². The SMILES string of the molecule is O=C([C@H]1CN(C(=O)CCCN2C(=O)NC3(CCCC3)C2=O)c2ccccc2O1)N1CCOCC1. The molecule has 1 saturated carbocycles. The van der Waals surface area contributed by atoms with Crippen molar-refractivity contribution in [3.63, 3.8) is 0 Å². The molecule has 4 aliphatic rings. The first kappa shape index (κ1) is 22.6. The van der Waals surface area contributed by atoms with Gasteiger partial charge in [0, 0.05) is 26.1 Å². The third-order valence-corrected chi connectivity index (χ3v) is 7.15. The summed E-state index contributed by atoms with van der Waals surface area (Å²) in [6, 6.07) is 6.81. The smallest absolute Gasteiger partial charge is 0.325 e. The Kier molecular flexibility index (Phi) is 6.16. The van der Waals surface area contributed by atoms with E-state index < -0.39 is 11.6 Å². The lowest BCUT2D eigenvalue weighted by Gasteiger charge is -2.37. The van der Waals surface area contributed by atoms with Gasteiger partial charge in [-0.25, -0.2) is 4.79 Å². The van der Waals surface area contributed by atoms with Gasteiger partial charge in [0.15, 0.2) is 6.10 Å². The quantitative estimate of drug-likeness (QED) is 0.650. The second kappa shape index (κ2) is 9.25. The average molecular weight is 471 g/mol. The third-order valence-electron chi connectivity index (χ3n) is 7.15. The fraction of sp³-hybridized carbons (Fsp3) is 0.583. The molecule has 182 valence electrons. The molecule has 10 heteroatoms. The Balaban J connectivity index is 1.23. The lowest BCUT2D eigenvalue weighted by Crippen LogP contribution is -2.54. The predicted octanol–water partition coefficient (Wildman–Crippen LogP) is 1.28. The maximum Gasteiger partial charge on any atom is 0.325 e. The molecule has 10 nitrogen and oxygen atoms in total. The monoisotopic (exact) mass is 470 g/mol. The maximum absolute atomic E-state index is 13.2. The van der Waals surface area contributed by atoms with E-state index >= 15 is 0 Å². The molecule has 5 amide bonds. The number of imide groups is 1. The molecule has 0 unspecified atom stereocenters. The molecule has 0 aromatic heterocycles. The highest BCUT2D eigenvalue weighted by molar-refractivity contribution is 6.07. The first-order valence-electron chi connectivity index (χ1n) is 12.1. The summed E-state index contributed by atoms with van der Waals surface area (Å²) in [5.74, 6) is -0.00344. The molecule has 0 bridgehead atoms. The first-order valence-corrected chi connectivity index (χ1v) is 12.1. The van der Waals surface area contributed by atoms with Crippen LogP contribution in [0.3, 0.4) is 0 Å². The molecule has 1 aromatic carbocycles. The van der Waals surface area contributed by atoms with Crippen LogP contribution in [0.15, 0.2) is 24.3 Å². The van der Waals surface area contributed by atoms with Gasteiger partial charge < -0.3 is 24.6 Å². The summed E-state index contributed by atoms with van der Waals surface area (Å²) >= 11 is 0. The number of carbonyl (C=O) groups excluding carboxylic acids is 4. The lowest BCUT2D eigenvalue weighted by atomic mass is 9.98. The van der Waals surface area contributed by atoms with E-state index in [1.165, 1.54) is 4.90 Å². The van der Waals surface area contributed by atoms with Crippen molar-refractivity contribution < 1.29 is 28.7 Å². The number of anilines is 1. The third kappa shape index (κ3) is 4.11. The van der Waals surface area contributed by atoms with E-state index in [2.05, 4.69) is 5.32 Å². The standard InChI is InChI=1S/C24H30N4O6/c29-20(8-5-11-27-22(31)24(25-23(27)32)9-3-4-10-24)28-16-19(21(30)26-12-14-33-15-13-26)34-18-7-2-1-6-17(18)28/h1-2,6-7,19H,3-5,8-16H2,(H,25,32)/t19-/m1/s1. The summed E-state index contributed by atoms with van der Waals surface area (Å²) in [5.41, 5.74) is -0.115. The normalized spacial score (nSPS) is 23.6. The summed E-state index contributed by atoms with van der Waals surface area (Å²) in [6.07, 6.45) is 2.93. The predicted molar refractivity (Wildman–Crippen MR) is 121 cm³/mol. The zero-order valence-corrected chi connectivity index (χ0v) is 19.2. The molecule has 1 spiro atoms. The van der Waals surface area contributed by atoms with Crippen LogP contribution >= 0.6 is 0 Å². The van der Waals surface area contributed by atoms with Crippen molar-refractivity contribution >= 4 is 29.4 Å². The van der Waals surface area contributed by atoms with Crippen molar-refractivity contribution in [2.45, 2.75) is 50.2 Å². The molecule has 1 aliphatic carbocycles. The van der Waals surface area contributed by atoms with Gasteiger partial charge in [0.05, 0.1) is 25.4 Å². The zero-order chi connectivity index (χ0) is 23.7. The van der Waals surface area contributed by atoms with Crippen LogP contribution in [0.1, 0.15) is 38.5 Å². The highest BCUT2D eigenvalue weighted by atomic mass is 16.5. The fourth-order valence-electron chi connectivity index (χ4n) is 5.31. The number of nitrogens with zero attached hydrogens (tertiary/aromatic N) is 3. The van der Waals surface area contributed by atoms with Crippen molar-refractivity contribution in [1.29, 1.82) is 0 Å². The molecule has 5 rings (SSSR count). The number of nitrogens with one attached hydrogen (secondary N) is 1. The van der Waals surface area contributed by atoms with E-state index in [1.807, 2.05) is 6.07 Å². The molecule has 34 heavy (non-hydrogen) atoms. The number of benzene rings is 1. The maximum atomic E-state index is 13.2. The number of urea groups is 1. The number of ether oxygens (including phenoxy) is 2.